The molecule has 0 radical (unpaired) electrons. The number of nitrogens with zero attached hydrogens (tertiary/aromatic N) is 4. The Labute approximate surface area is 149 Å². The predicted molar refractivity (Wildman–Crippen MR) is 98.6 cm³/mol. The number of piperazine rings is 1. The summed E-state index contributed by atoms with van der Waals surface area (Å²) in [4.78, 5) is 21.6. The second kappa shape index (κ2) is 7.38. The van der Waals surface area contributed by atoms with Gasteiger partial charge in [0.1, 0.15) is 5.82 Å². The number of anilines is 1. The summed E-state index contributed by atoms with van der Waals surface area (Å²) >= 11 is 1.48. The zero-order valence-corrected chi connectivity index (χ0v) is 16.1. The lowest BCUT2D eigenvalue weighted by atomic mass is 9.86. The Morgan fingerprint density at radius 2 is 1.79 bits per heavy atom. The van der Waals surface area contributed by atoms with Crippen LogP contribution in [0.25, 0.3) is 0 Å². The van der Waals surface area contributed by atoms with E-state index >= 15 is 0 Å². The normalized spacial score (nSPS) is 20.5. The third-order valence-corrected chi connectivity index (χ3v) is 5.95. The highest BCUT2D eigenvalue weighted by atomic mass is 32.1. The first-order valence-corrected chi connectivity index (χ1v) is 10.1. The third-order valence-electron chi connectivity index (χ3n) is 5.18. The van der Waals surface area contributed by atoms with Gasteiger partial charge in [0.15, 0.2) is 0 Å². The third kappa shape index (κ3) is 4.26. The molecular formula is C18H30N4OS. The molecule has 0 bridgehead atoms. The van der Waals surface area contributed by atoms with Gasteiger partial charge in [-0.3, -0.25) is 4.79 Å². The fourth-order valence-electron chi connectivity index (χ4n) is 3.56. The number of carbonyl (C=O) groups is 1. The molecule has 1 saturated carbocycles. The summed E-state index contributed by atoms with van der Waals surface area (Å²) in [5, 5.41) is 0.999. The molecule has 0 atom stereocenters. The van der Waals surface area contributed by atoms with Gasteiger partial charge in [0, 0.05) is 49.5 Å². The fourth-order valence-corrected chi connectivity index (χ4v) is 4.47. The van der Waals surface area contributed by atoms with Crippen molar-refractivity contribution in [1.29, 1.82) is 0 Å². The van der Waals surface area contributed by atoms with Crippen LogP contribution in [0.15, 0.2) is 0 Å². The van der Waals surface area contributed by atoms with Crippen LogP contribution in [0.2, 0.25) is 0 Å². The van der Waals surface area contributed by atoms with Crippen molar-refractivity contribution in [3.05, 3.63) is 5.82 Å². The van der Waals surface area contributed by atoms with Crippen molar-refractivity contribution in [3.8, 4) is 0 Å². The predicted octanol–water partition coefficient (Wildman–Crippen LogP) is 3.45. The Bertz CT molecular complexity index is 552. The van der Waals surface area contributed by atoms with Crippen molar-refractivity contribution < 1.29 is 4.79 Å². The molecule has 1 aromatic rings. The van der Waals surface area contributed by atoms with Crippen molar-refractivity contribution in [2.24, 2.45) is 5.92 Å². The van der Waals surface area contributed by atoms with Gasteiger partial charge >= 0.3 is 0 Å². The number of aromatic nitrogens is 2. The molecule has 0 unspecified atom stereocenters. The molecule has 5 nitrogen and oxygen atoms in total. The largest absolute Gasteiger partial charge is 0.343 e. The summed E-state index contributed by atoms with van der Waals surface area (Å²) in [6.45, 7) is 9.79. The highest BCUT2D eigenvalue weighted by Crippen LogP contribution is 2.28. The maximum absolute atomic E-state index is 12.5. The summed E-state index contributed by atoms with van der Waals surface area (Å²) in [6, 6.07) is 0. The second-order valence-corrected chi connectivity index (χ2v) is 8.96. The quantitative estimate of drug-likeness (QED) is 0.838. The molecule has 2 aliphatic rings. The fraction of sp³-hybridized carbons (Fsp3) is 0.833. The highest BCUT2D eigenvalue weighted by molar-refractivity contribution is 7.09. The first-order valence-electron chi connectivity index (χ1n) is 9.30. The van der Waals surface area contributed by atoms with Gasteiger partial charge in [-0.2, -0.15) is 4.37 Å². The minimum atomic E-state index is -0.00741. The monoisotopic (exact) mass is 350 g/mol. The van der Waals surface area contributed by atoms with Crippen LogP contribution in [0.3, 0.4) is 0 Å². The average Bonchev–Trinajstić information content (AvgIpc) is 3.06. The van der Waals surface area contributed by atoms with Crippen LogP contribution in [-0.2, 0) is 10.2 Å². The van der Waals surface area contributed by atoms with Crippen LogP contribution in [0.1, 0.15) is 65.1 Å². The smallest absolute Gasteiger partial charge is 0.222 e. The molecular weight excluding hydrogens is 320 g/mol. The van der Waals surface area contributed by atoms with Crippen LogP contribution in [-0.4, -0.2) is 46.3 Å². The number of hydrogen-bond acceptors (Lipinski definition) is 5. The summed E-state index contributed by atoms with van der Waals surface area (Å²) < 4.78 is 4.50. The number of hydrogen-bond donors (Lipinski definition) is 0. The van der Waals surface area contributed by atoms with E-state index in [0.29, 0.717) is 11.8 Å². The Morgan fingerprint density at radius 3 is 2.38 bits per heavy atom. The van der Waals surface area contributed by atoms with Crippen LogP contribution in [0.4, 0.5) is 5.13 Å². The molecule has 2 fully saturated rings. The molecule has 0 N–H and O–H groups in total. The molecule has 2 heterocycles. The Kier molecular flexibility index (Phi) is 5.42. The van der Waals surface area contributed by atoms with Crippen LogP contribution in [0, 0.1) is 5.92 Å². The molecule has 0 spiro atoms. The molecule has 1 saturated heterocycles. The van der Waals surface area contributed by atoms with E-state index in [9.17, 15) is 4.79 Å². The number of carbonyl (C=O) groups excluding carboxylic acids is 1. The van der Waals surface area contributed by atoms with Gasteiger partial charge in [-0.25, -0.2) is 4.98 Å². The highest BCUT2D eigenvalue weighted by Gasteiger charge is 2.27. The summed E-state index contributed by atoms with van der Waals surface area (Å²) in [7, 11) is 0. The summed E-state index contributed by atoms with van der Waals surface area (Å²) in [5.74, 6) is 1.90. The standard InChI is InChI=1S/C18H30N4OS/c1-18(2,3)16-19-17(24-20-16)22-11-9-21(10-12-22)15(23)13-14-7-5-4-6-8-14/h14H,4-13H2,1-3H3. The van der Waals surface area contributed by atoms with Crippen LogP contribution >= 0.6 is 11.5 Å². The molecule has 6 heteroatoms. The first kappa shape index (κ1) is 17.6. The lowest BCUT2D eigenvalue weighted by molar-refractivity contribution is -0.132. The van der Waals surface area contributed by atoms with Gasteiger partial charge < -0.3 is 9.80 Å². The minimum Gasteiger partial charge on any atom is -0.343 e. The van der Waals surface area contributed by atoms with Gasteiger partial charge in [0.25, 0.3) is 0 Å². The van der Waals surface area contributed by atoms with Crippen molar-refractivity contribution >= 4 is 22.6 Å². The Hall–Kier alpha value is -1.17. The average molecular weight is 351 g/mol. The summed E-state index contributed by atoms with van der Waals surface area (Å²) in [6.07, 6.45) is 7.20. The van der Waals surface area contributed by atoms with Gasteiger partial charge in [0.2, 0.25) is 11.0 Å². The molecule has 1 amide bonds. The Balaban J connectivity index is 1.50. The number of amides is 1. The maximum Gasteiger partial charge on any atom is 0.222 e. The van der Waals surface area contributed by atoms with Crippen molar-refractivity contribution in [2.45, 2.75) is 64.7 Å². The van der Waals surface area contributed by atoms with E-state index in [1.54, 1.807) is 0 Å². The van der Waals surface area contributed by atoms with Crippen molar-refractivity contribution in [2.75, 3.05) is 31.1 Å². The molecule has 0 aromatic carbocycles. The summed E-state index contributed by atoms with van der Waals surface area (Å²) in [5.41, 5.74) is -0.00741. The van der Waals surface area contributed by atoms with E-state index in [0.717, 1.165) is 43.6 Å². The van der Waals surface area contributed by atoms with E-state index < -0.39 is 0 Å². The van der Waals surface area contributed by atoms with Gasteiger partial charge in [-0.05, 0) is 18.8 Å². The Morgan fingerprint density at radius 1 is 1.12 bits per heavy atom. The molecule has 24 heavy (non-hydrogen) atoms. The van der Waals surface area contributed by atoms with Crippen LogP contribution in [0.5, 0.6) is 0 Å². The zero-order valence-electron chi connectivity index (χ0n) is 15.3. The lowest BCUT2D eigenvalue weighted by Crippen LogP contribution is -2.49. The van der Waals surface area contributed by atoms with E-state index in [4.69, 9.17) is 4.98 Å². The van der Waals surface area contributed by atoms with Crippen LogP contribution < -0.4 is 4.90 Å². The zero-order chi connectivity index (χ0) is 17.2. The van der Waals surface area contributed by atoms with Gasteiger partial charge in [0.05, 0.1) is 0 Å². The molecule has 3 rings (SSSR count). The van der Waals surface area contributed by atoms with Gasteiger partial charge in [-0.15, -0.1) is 0 Å². The topological polar surface area (TPSA) is 49.3 Å². The van der Waals surface area contributed by atoms with E-state index in [-0.39, 0.29) is 5.41 Å². The van der Waals surface area contributed by atoms with E-state index in [1.165, 1.54) is 43.6 Å². The molecule has 134 valence electrons. The second-order valence-electron chi connectivity index (χ2n) is 8.23. The van der Waals surface area contributed by atoms with Crippen molar-refractivity contribution in [1.82, 2.24) is 14.3 Å². The maximum atomic E-state index is 12.5. The van der Waals surface area contributed by atoms with E-state index in [1.807, 2.05) is 0 Å². The number of rotatable bonds is 3. The minimum absolute atomic E-state index is 0.00741. The van der Waals surface area contributed by atoms with Gasteiger partial charge in [-0.1, -0.05) is 40.0 Å². The van der Waals surface area contributed by atoms with E-state index in [2.05, 4.69) is 34.9 Å². The molecule has 1 aliphatic carbocycles. The lowest BCUT2D eigenvalue weighted by Gasteiger charge is -2.35. The molecule has 1 aliphatic heterocycles. The molecule has 1 aromatic heterocycles. The van der Waals surface area contributed by atoms with Crippen molar-refractivity contribution in [3.63, 3.8) is 0 Å². The first-order chi connectivity index (χ1) is 11.4. The SMILES string of the molecule is CC(C)(C)c1nsc(N2CCN(C(=O)CC3CCCCC3)CC2)n1.